The van der Waals surface area contributed by atoms with Crippen molar-refractivity contribution in [3.63, 3.8) is 0 Å². The van der Waals surface area contributed by atoms with Gasteiger partial charge in [-0.15, -0.1) is 0 Å². The van der Waals surface area contributed by atoms with Crippen LogP contribution >= 0.6 is 0 Å². The summed E-state index contributed by atoms with van der Waals surface area (Å²) < 4.78 is 0. The summed E-state index contributed by atoms with van der Waals surface area (Å²) in [5, 5.41) is 1.40. The number of piperidine rings is 1. The number of benzene rings is 1. The van der Waals surface area contributed by atoms with Crippen molar-refractivity contribution >= 4 is 10.9 Å². The zero-order chi connectivity index (χ0) is 15.8. The molecule has 1 atom stereocenters. The topological polar surface area (TPSA) is 22.3 Å². The lowest BCUT2D eigenvalue weighted by Gasteiger charge is -2.37. The average Bonchev–Trinajstić information content (AvgIpc) is 3.19. The van der Waals surface area contributed by atoms with E-state index in [2.05, 4.69) is 46.8 Å². The Balaban J connectivity index is 1.51. The highest BCUT2D eigenvalue weighted by Gasteiger charge is 2.27. The molecule has 1 N–H and O–H groups in total. The summed E-state index contributed by atoms with van der Waals surface area (Å²) in [6.07, 6.45) is 5.54. The molecule has 2 aliphatic rings. The first-order chi connectivity index (χ1) is 11.2. The third kappa shape index (κ3) is 2.92. The van der Waals surface area contributed by atoms with Gasteiger partial charge in [0.25, 0.3) is 0 Å². The van der Waals surface area contributed by atoms with Crippen molar-refractivity contribution in [2.24, 2.45) is 0 Å². The Morgan fingerprint density at radius 3 is 2.70 bits per heavy atom. The summed E-state index contributed by atoms with van der Waals surface area (Å²) in [6.45, 7) is 10.7. The lowest BCUT2D eigenvalue weighted by molar-refractivity contribution is 0.110. The van der Waals surface area contributed by atoms with Crippen molar-refractivity contribution < 1.29 is 0 Å². The molecule has 0 spiro atoms. The van der Waals surface area contributed by atoms with Crippen LogP contribution in [0, 0.1) is 13.8 Å². The van der Waals surface area contributed by atoms with E-state index in [1.54, 1.807) is 0 Å². The Morgan fingerprint density at radius 1 is 1.09 bits per heavy atom. The van der Waals surface area contributed by atoms with Gasteiger partial charge in [0.1, 0.15) is 0 Å². The van der Waals surface area contributed by atoms with Crippen LogP contribution < -0.4 is 0 Å². The predicted molar refractivity (Wildman–Crippen MR) is 96.9 cm³/mol. The molecule has 124 valence electrons. The molecule has 1 unspecified atom stereocenters. The van der Waals surface area contributed by atoms with Gasteiger partial charge in [-0.25, -0.2) is 0 Å². The Kier molecular flexibility index (Phi) is 4.16. The first-order valence-corrected chi connectivity index (χ1v) is 9.25. The van der Waals surface area contributed by atoms with E-state index in [1.165, 1.54) is 79.6 Å². The van der Waals surface area contributed by atoms with Gasteiger partial charge in [-0.1, -0.05) is 18.2 Å². The summed E-state index contributed by atoms with van der Waals surface area (Å²) in [7, 11) is 0. The fourth-order valence-corrected chi connectivity index (χ4v) is 4.51. The van der Waals surface area contributed by atoms with Crippen LogP contribution in [-0.2, 0) is 6.54 Å². The molecule has 3 nitrogen and oxygen atoms in total. The summed E-state index contributed by atoms with van der Waals surface area (Å²) in [5.41, 5.74) is 5.53. The number of nitrogens with one attached hydrogen (secondary N) is 1. The zero-order valence-electron chi connectivity index (χ0n) is 14.6. The van der Waals surface area contributed by atoms with Gasteiger partial charge >= 0.3 is 0 Å². The number of fused-ring (bicyclic) bond motifs is 1. The molecule has 2 fully saturated rings. The largest absolute Gasteiger partial charge is 0.357 e. The maximum Gasteiger partial charge on any atom is 0.0488 e. The van der Waals surface area contributed by atoms with Gasteiger partial charge in [-0.3, -0.25) is 9.80 Å². The number of hydrogen-bond donors (Lipinski definition) is 1. The monoisotopic (exact) mass is 311 g/mol. The van der Waals surface area contributed by atoms with Gasteiger partial charge in [0.15, 0.2) is 0 Å². The molecule has 1 aromatic carbocycles. The second-order valence-electron chi connectivity index (χ2n) is 7.50. The molecule has 0 bridgehead atoms. The minimum absolute atomic E-state index is 0.790. The first kappa shape index (κ1) is 15.2. The minimum atomic E-state index is 0.790. The van der Waals surface area contributed by atoms with Crippen molar-refractivity contribution in [1.82, 2.24) is 14.8 Å². The lowest BCUT2D eigenvalue weighted by atomic mass is 10.0. The number of aromatic nitrogens is 1. The van der Waals surface area contributed by atoms with Gasteiger partial charge in [-0.2, -0.15) is 0 Å². The van der Waals surface area contributed by atoms with Crippen LogP contribution in [0.4, 0.5) is 0 Å². The standard InChI is InChI=1S/C20H29N3/c1-15-7-5-9-18-16(2)19(21-20(15)18)14-22-10-6-8-17(13-22)23-11-3-4-12-23/h5,7,9,17,21H,3-4,6,8,10-14H2,1-2H3. The van der Waals surface area contributed by atoms with E-state index in [-0.39, 0.29) is 0 Å². The van der Waals surface area contributed by atoms with Crippen molar-refractivity contribution in [3.05, 3.63) is 35.0 Å². The van der Waals surface area contributed by atoms with E-state index >= 15 is 0 Å². The third-order valence-electron chi connectivity index (χ3n) is 5.92. The fraction of sp³-hybridized carbons (Fsp3) is 0.600. The molecule has 0 radical (unpaired) electrons. The second-order valence-corrected chi connectivity index (χ2v) is 7.50. The predicted octanol–water partition coefficient (Wildman–Crippen LogP) is 3.84. The normalized spacial score (nSPS) is 23.8. The van der Waals surface area contributed by atoms with Crippen LogP contribution in [0.3, 0.4) is 0 Å². The minimum Gasteiger partial charge on any atom is -0.357 e. The molecule has 2 saturated heterocycles. The number of H-pyrrole nitrogens is 1. The van der Waals surface area contributed by atoms with E-state index in [4.69, 9.17) is 0 Å². The fourth-order valence-electron chi connectivity index (χ4n) is 4.51. The maximum atomic E-state index is 3.71. The molecule has 0 saturated carbocycles. The van der Waals surface area contributed by atoms with Crippen molar-refractivity contribution in [3.8, 4) is 0 Å². The van der Waals surface area contributed by atoms with Crippen molar-refractivity contribution in [1.29, 1.82) is 0 Å². The number of hydrogen-bond acceptors (Lipinski definition) is 2. The van der Waals surface area contributed by atoms with E-state index in [9.17, 15) is 0 Å². The first-order valence-electron chi connectivity index (χ1n) is 9.25. The lowest BCUT2D eigenvalue weighted by Crippen LogP contribution is -2.46. The van der Waals surface area contributed by atoms with Gasteiger partial charge in [0.2, 0.25) is 0 Å². The highest BCUT2D eigenvalue weighted by Crippen LogP contribution is 2.27. The Morgan fingerprint density at radius 2 is 1.91 bits per heavy atom. The molecular weight excluding hydrogens is 282 g/mol. The molecule has 23 heavy (non-hydrogen) atoms. The molecule has 2 aliphatic heterocycles. The average molecular weight is 311 g/mol. The number of likely N-dealkylation sites (tertiary alicyclic amines) is 2. The number of nitrogens with zero attached hydrogens (tertiary/aromatic N) is 2. The SMILES string of the molecule is Cc1c(CN2CCCC(N3CCCC3)C2)[nH]c2c(C)cccc12. The Hall–Kier alpha value is -1.32. The van der Waals surface area contributed by atoms with Gasteiger partial charge in [-0.05, 0) is 70.3 Å². The van der Waals surface area contributed by atoms with Crippen LogP contribution in [-0.4, -0.2) is 47.0 Å². The second kappa shape index (κ2) is 6.29. The molecule has 0 amide bonds. The number of aromatic amines is 1. The highest BCUT2D eigenvalue weighted by molar-refractivity contribution is 5.86. The summed E-state index contributed by atoms with van der Waals surface area (Å²) in [5.74, 6) is 0. The summed E-state index contributed by atoms with van der Waals surface area (Å²) >= 11 is 0. The molecule has 2 aromatic rings. The molecule has 4 rings (SSSR count). The molecule has 0 aliphatic carbocycles. The van der Waals surface area contributed by atoms with Crippen molar-refractivity contribution in [2.75, 3.05) is 26.2 Å². The number of para-hydroxylation sites is 1. The highest BCUT2D eigenvalue weighted by atomic mass is 15.2. The van der Waals surface area contributed by atoms with E-state index in [1.807, 2.05) is 0 Å². The molecular formula is C20H29N3. The third-order valence-corrected chi connectivity index (χ3v) is 5.92. The summed E-state index contributed by atoms with van der Waals surface area (Å²) in [6, 6.07) is 7.41. The van der Waals surface area contributed by atoms with Crippen LogP contribution in [0.25, 0.3) is 10.9 Å². The number of aryl methyl sites for hydroxylation is 2. The van der Waals surface area contributed by atoms with E-state index in [0.717, 1.165) is 12.6 Å². The van der Waals surface area contributed by atoms with Gasteiger partial charge < -0.3 is 4.98 Å². The van der Waals surface area contributed by atoms with Crippen molar-refractivity contribution in [2.45, 2.75) is 52.1 Å². The summed E-state index contributed by atoms with van der Waals surface area (Å²) in [4.78, 5) is 9.11. The maximum absolute atomic E-state index is 3.71. The molecule has 1 aromatic heterocycles. The van der Waals surface area contributed by atoms with Crippen LogP contribution in [0.2, 0.25) is 0 Å². The van der Waals surface area contributed by atoms with E-state index < -0.39 is 0 Å². The molecule has 3 heterocycles. The van der Waals surface area contributed by atoms with Crippen LogP contribution in [0.5, 0.6) is 0 Å². The van der Waals surface area contributed by atoms with Crippen LogP contribution in [0.1, 0.15) is 42.5 Å². The zero-order valence-corrected chi connectivity index (χ0v) is 14.6. The van der Waals surface area contributed by atoms with Gasteiger partial charge in [0, 0.05) is 35.7 Å². The number of rotatable bonds is 3. The van der Waals surface area contributed by atoms with E-state index in [0.29, 0.717) is 0 Å². The Bertz CT molecular complexity index is 681. The molecule has 3 heteroatoms. The van der Waals surface area contributed by atoms with Gasteiger partial charge in [0.05, 0.1) is 0 Å². The quantitative estimate of drug-likeness (QED) is 0.930. The Labute approximate surface area is 139 Å². The smallest absolute Gasteiger partial charge is 0.0488 e. The van der Waals surface area contributed by atoms with Crippen LogP contribution in [0.15, 0.2) is 18.2 Å².